The molecule has 6 aromatic carbocycles. The maximum Gasteiger partial charge on any atom is 0.266 e. The molecule has 0 unspecified atom stereocenters. The third kappa shape index (κ3) is 7.32. The maximum atomic E-state index is 13.7. The van der Waals surface area contributed by atoms with Gasteiger partial charge in [0.05, 0.1) is 16.8 Å². The first-order valence-corrected chi connectivity index (χ1v) is 18.2. The molecule has 1 aliphatic heterocycles. The molecule has 55 heavy (non-hydrogen) atoms. The molecule has 0 spiro atoms. The third-order valence-electron chi connectivity index (χ3n) is 10.5. The minimum absolute atomic E-state index is 0.199. The normalized spacial score (nSPS) is 12.4. The Morgan fingerprint density at radius 2 is 1.09 bits per heavy atom. The predicted octanol–water partition coefficient (Wildman–Crippen LogP) is 11.0. The highest BCUT2D eigenvalue weighted by Crippen LogP contribution is 2.35. The SMILES string of the molecule is C=C(c1ccc(C(C)=O)c(C(C)=O)c1)c1ccc2c(c1)C(=O)N(c1ccc(Cc3ccc(C(C)(C)c4ccc(Oc5ccc(C)cc5)cc4)cc3)cc1)C2=O. The quantitative estimate of drug-likeness (QED) is 0.0982. The second kappa shape index (κ2) is 14.6. The Kier molecular flexibility index (Phi) is 9.76. The zero-order valence-corrected chi connectivity index (χ0v) is 31.6. The molecule has 7 rings (SSSR count). The molecule has 6 heteroatoms. The van der Waals surface area contributed by atoms with E-state index in [4.69, 9.17) is 4.74 Å². The van der Waals surface area contributed by atoms with Gasteiger partial charge in [0, 0.05) is 16.5 Å². The molecule has 0 fully saturated rings. The van der Waals surface area contributed by atoms with Gasteiger partial charge in [0.25, 0.3) is 11.8 Å². The van der Waals surface area contributed by atoms with Gasteiger partial charge in [-0.15, -0.1) is 0 Å². The van der Waals surface area contributed by atoms with Crippen molar-refractivity contribution in [3.63, 3.8) is 0 Å². The van der Waals surface area contributed by atoms with Gasteiger partial charge in [-0.3, -0.25) is 19.2 Å². The van der Waals surface area contributed by atoms with Gasteiger partial charge in [0.2, 0.25) is 0 Å². The Morgan fingerprint density at radius 1 is 0.600 bits per heavy atom. The summed E-state index contributed by atoms with van der Waals surface area (Å²) in [5, 5.41) is 0. The summed E-state index contributed by atoms with van der Waals surface area (Å²) < 4.78 is 6.03. The van der Waals surface area contributed by atoms with Crippen LogP contribution in [0.5, 0.6) is 11.5 Å². The molecule has 0 saturated heterocycles. The number of benzene rings is 6. The molecular weight excluding hydrogens is 683 g/mol. The van der Waals surface area contributed by atoms with Crippen molar-refractivity contribution >= 4 is 34.6 Å². The molecular formula is C49H41NO5. The number of rotatable bonds is 11. The van der Waals surface area contributed by atoms with Gasteiger partial charge in [-0.1, -0.05) is 105 Å². The smallest absolute Gasteiger partial charge is 0.266 e. The Balaban J connectivity index is 1.01. The first-order valence-electron chi connectivity index (χ1n) is 18.2. The Morgan fingerprint density at radius 3 is 1.67 bits per heavy atom. The maximum absolute atomic E-state index is 13.7. The van der Waals surface area contributed by atoms with Crippen molar-refractivity contribution < 1.29 is 23.9 Å². The van der Waals surface area contributed by atoms with Crippen LogP contribution >= 0.6 is 0 Å². The van der Waals surface area contributed by atoms with E-state index in [1.54, 1.807) is 48.5 Å². The summed E-state index contributed by atoms with van der Waals surface area (Å²) in [5.74, 6) is 0.384. The van der Waals surface area contributed by atoms with E-state index in [1.165, 1.54) is 35.4 Å². The largest absolute Gasteiger partial charge is 0.457 e. The number of hydrogen-bond donors (Lipinski definition) is 0. The van der Waals surface area contributed by atoms with E-state index < -0.39 is 5.91 Å². The highest BCUT2D eigenvalue weighted by Gasteiger charge is 2.37. The number of nitrogens with zero attached hydrogens (tertiary/aromatic N) is 1. The molecule has 2 amide bonds. The number of Topliss-reactive ketones (excluding diaryl/α,β-unsaturated/α-hetero) is 2. The molecule has 6 aromatic rings. The van der Waals surface area contributed by atoms with E-state index in [1.807, 2.05) is 48.5 Å². The lowest BCUT2D eigenvalue weighted by Gasteiger charge is -2.26. The predicted molar refractivity (Wildman–Crippen MR) is 218 cm³/mol. The number of fused-ring (bicyclic) bond motifs is 1. The molecule has 0 N–H and O–H groups in total. The fraction of sp³-hybridized carbons (Fsp3) is 0.143. The number of carbonyl (C=O) groups is 4. The van der Waals surface area contributed by atoms with Crippen molar-refractivity contribution in [1.29, 1.82) is 0 Å². The number of ether oxygens (including phenoxy) is 1. The van der Waals surface area contributed by atoms with Gasteiger partial charge in [-0.25, -0.2) is 4.90 Å². The number of aryl methyl sites for hydroxylation is 1. The molecule has 0 radical (unpaired) electrons. The average Bonchev–Trinajstić information content (AvgIpc) is 3.43. The molecule has 0 aliphatic carbocycles. The first kappa shape index (κ1) is 36.7. The minimum atomic E-state index is -0.412. The minimum Gasteiger partial charge on any atom is -0.457 e. The summed E-state index contributed by atoms with van der Waals surface area (Å²) in [5.41, 5.74) is 9.17. The number of hydrogen-bond acceptors (Lipinski definition) is 5. The van der Waals surface area contributed by atoms with E-state index in [0.29, 0.717) is 45.5 Å². The van der Waals surface area contributed by atoms with E-state index in [0.717, 1.165) is 22.6 Å². The Bertz CT molecular complexity index is 2490. The number of imide groups is 1. The van der Waals surface area contributed by atoms with E-state index >= 15 is 0 Å². The molecule has 6 nitrogen and oxygen atoms in total. The van der Waals surface area contributed by atoms with Gasteiger partial charge in [-0.05, 0) is 121 Å². The molecule has 0 atom stereocenters. The molecule has 272 valence electrons. The average molecular weight is 724 g/mol. The van der Waals surface area contributed by atoms with Crippen LogP contribution in [0.3, 0.4) is 0 Å². The monoisotopic (exact) mass is 723 g/mol. The molecule has 0 saturated carbocycles. The van der Waals surface area contributed by atoms with Crippen molar-refractivity contribution in [3.8, 4) is 11.5 Å². The van der Waals surface area contributed by atoms with Gasteiger partial charge in [-0.2, -0.15) is 0 Å². The lowest BCUT2D eigenvalue weighted by atomic mass is 9.78. The lowest BCUT2D eigenvalue weighted by Crippen LogP contribution is -2.29. The van der Waals surface area contributed by atoms with Gasteiger partial charge >= 0.3 is 0 Å². The number of carbonyl (C=O) groups excluding carboxylic acids is 4. The summed E-state index contributed by atoms with van der Waals surface area (Å²) >= 11 is 0. The summed E-state index contributed by atoms with van der Waals surface area (Å²) in [6, 6.07) is 42.5. The van der Waals surface area contributed by atoms with Crippen LogP contribution in [-0.2, 0) is 11.8 Å². The highest BCUT2D eigenvalue weighted by molar-refractivity contribution is 6.34. The summed E-state index contributed by atoms with van der Waals surface area (Å²) in [6.07, 6.45) is 0.693. The zero-order valence-electron chi connectivity index (χ0n) is 31.6. The molecule has 1 heterocycles. The van der Waals surface area contributed by atoms with Crippen molar-refractivity contribution in [2.45, 2.75) is 46.5 Å². The van der Waals surface area contributed by atoms with Crippen LogP contribution in [0, 0.1) is 6.92 Å². The van der Waals surface area contributed by atoms with Crippen LogP contribution in [-0.4, -0.2) is 23.4 Å². The van der Waals surface area contributed by atoms with E-state index in [9.17, 15) is 19.2 Å². The molecule has 0 aromatic heterocycles. The number of anilines is 1. The first-order chi connectivity index (χ1) is 26.3. The van der Waals surface area contributed by atoms with Crippen molar-refractivity contribution in [2.24, 2.45) is 0 Å². The van der Waals surface area contributed by atoms with E-state index in [-0.39, 0.29) is 28.5 Å². The van der Waals surface area contributed by atoms with Crippen LogP contribution in [0.25, 0.3) is 5.57 Å². The molecule has 1 aliphatic rings. The topological polar surface area (TPSA) is 80.8 Å². The lowest BCUT2D eigenvalue weighted by molar-refractivity contribution is 0.0924. The summed E-state index contributed by atoms with van der Waals surface area (Å²) in [4.78, 5) is 52.7. The van der Waals surface area contributed by atoms with Crippen LogP contribution in [0.4, 0.5) is 5.69 Å². The Hall–Kier alpha value is -6.66. The van der Waals surface area contributed by atoms with Crippen LogP contribution in [0.1, 0.15) is 108 Å². The second-order valence-electron chi connectivity index (χ2n) is 14.7. The summed E-state index contributed by atoms with van der Waals surface area (Å²) in [7, 11) is 0. The standard InChI is InChI=1S/C49H41NO5/c1-30-7-21-41(22-8-30)55-42-23-17-39(18-24-42)49(5,6)38-15-9-34(10-16-38)27-35-11-19-40(20-12-35)50-47(53)44-26-14-37(29-46(44)48(50)54)31(2)36-13-25-43(32(3)51)45(28-36)33(4)52/h7-26,28-29H,2,27H2,1,3-6H3. The third-order valence-corrected chi connectivity index (χ3v) is 10.5. The molecule has 0 bridgehead atoms. The van der Waals surface area contributed by atoms with Crippen molar-refractivity contribution in [3.05, 3.63) is 201 Å². The van der Waals surface area contributed by atoms with Crippen molar-refractivity contribution in [1.82, 2.24) is 0 Å². The van der Waals surface area contributed by atoms with Crippen LogP contribution in [0.15, 0.2) is 140 Å². The second-order valence-corrected chi connectivity index (χ2v) is 14.7. The zero-order chi connectivity index (χ0) is 39.0. The fourth-order valence-corrected chi connectivity index (χ4v) is 7.05. The number of ketones is 2. The Labute approximate surface area is 321 Å². The van der Waals surface area contributed by atoms with Gasteiger partial charge in [0.1, 0.15) is 11.5 Å². The number of amides is 2. The van der Waals surface area contributed by atoms with Gasteiger partial charge in [0.15, 0.2) is 11.6 Å². The van der Waals surface area contributed by atoms with E-state index in [2.05, 4.69) is 63.7 Å². The van der Waals surface area contributed by atoms with Crippen LogP contribution in [0.2, 0.25) is 0 Å². The highest BCUT2D eigenvalue weighted by atomic mass is 16.5. The van der Waals surface area contributed by atoms with Gasteiger partial charge < -0.3 is 4.74 Å². The summed E-state index contributed by atoms with van der Waals surface area (Å²) in [6.45, 7) is 13.5. The van der Waals surface area contributed by atoms with Crippen LogP contribution < -0.4 is 9.64 Å². The fourth-order valence-electron chi connectivity index (χ4n) is 7.05. The van der Waals surface area contributed by atoms with Crippen molar-refractivity contribution in [2.75, 3.05) is 4.90 Å².